The van der Waals surface area contributed by atoms with Gasteiger partial charge in [-0.25, -0.2) is 0 Å². The Labute approximate surface area is 205 Å². The van der Waals surface area contributed by atoms with Crippen LogP contribution in [0.5, 0.6) is 0 Å². The van der Waals surface area contributed by atoms with Crippen molar-refractivity contribution in [3.8, 4) is 0 Å². The van der Waals surface area contributed by atoms with Crippen molar-refractivity contribution in [3.05, 3.63) is 24.3 Å². The number of piperazine rings is 1. The third-order valence-corrected chi connectivity index (χ3v) is 10.6. The Balaban J connectivity index is 1.04. The molecule has 3 saturated carbocycles. The summed E-state index contributed by atoms with van der Waals surface area (Å²) < 4.78 is 6.02. The Morgan fingerprint density at radius 3 is 2.35 bits per heavy atom. The van der Waals surface area contributed by atoms with E-state index in [1.54, 1.807) is 16.4 Å². The molecule has 6 atom stereocenters. The van der Waals surface area contributed by atoms with Gasteiger partial charge in [-0.3, -0.25) is 19.4 Å². The molecular weight excluding hydrogens is 444 g/mol. The summed E-state index contributed by atoms with van der Waals surface area (Å²) in [4.78, 5) is 33.4. The third kappa shape index (κ3) is 3.26. The van der Waals surface area contributed by atoms with Gasteiger partial charge in [-0.1, -0.05) is 25.0 Å². The van der Waals surface area contributed by atoms with Gasteiger partial charge >= 0.3 is 0 Å². The van der Waals surface area contributed by atoms with Crippen molar-refractivity contribution in [2.75, 3.05) is 37.6 Å². The van der Waals surface area contributed by atoms with Crippen molar-refractivity contribution in [1.29, 1.82) is 0 Å². The first kappa shape index (κ1) is 21.3. The fourth-order valence-corrected chi connectivity index (χ4v) is 8.93. The van der Waals surface area contributed by atoms with Crippen LogP contribution in [0.1, 0.15) is 44.9 Å². The zero-order chi connectivity index (χ0) is 22.8. The summed E-state index contributed by atoms with van der Waals surface area (Å²) >= 11 is 1.59. The summed E-state index contributed by atoms with van der Waals surface area (Å²) in [6.45, 7) is 4.71. The molecule has 0 N–H and O–H groups in total. The van der Waals surface area contributed by atoms with E-state index in [2.05, 4.69) is 34.1 Å². The average molecular weight is 479 g/mol. The van der Waals surface area contributed by atoms with Crippen LogP contribution in [-0.4, -0.2) is 64.8 Å². The highest BCUT2D eigenvalue weighted by molar-refractivity contribution is 7.13. The number of likely N-dealkylation sites (tertiary alicyclic amines) is 1. The zero-order valence-corrected chi connectivity index (χ0v) is 20.6. The fraction of sp³-hybridized carbons (Fsp3) is 0.667. The predicted molar refractivity (Wildman–Crippen MR) is 134 cm³/mol. The maximum Gasteiger partial charge on any atom is 0.233 e. The van der Waals surface area contributed by atoms with E-state index in [0.717, 1.165) is 57.7 Å². The Morgan fingerprint density at radius 2 is 1.59 bits per heavy atom. The van der Waals surface area contributed by atoms with Crippen molar-refractivity contribution in [3.63, 3.8) is 0 Å². The highest BCUT2D eigenvalue weighted by Crippen LogP contribution is 2.56. The molecular formula is C27H34N4O2S. The Bertz CT molecular complexity index is 1080. The Morgan fingerprint density at radius 1 is 0.882 bits per heavy atom. The number of carbonyl (C=O) groups is 2. The lowest BCUT2D eigenvalue weighted by Gasteiger charge is -2.45. The second-order valence-corrected chi connectivity index (χ2v) is 12.1. The van der Waals surface area contributed by atoms with Crippen LogP contribution in [-0.2, 0) is 9.59 Å². The fourth-order valence-electron chi connectivity index (χ4n) is 8.13. The molecule has 3 heterocycles. The summed E-state index contributed by atoms with van der Waals surface area (Å²) in [7, 11) is 0. The van der Waals surface area contributed by atoms with Gasteiger partial charge in [0.1, 0.15) is 5.82 Å². The average Bonchev–Trinajstić information content (AvgIpc) is 3.65. The van der Waals surface area contributed by atoms with Gasteiger partial charge in [-0.2, -0.15) is 4.37 Å². The number of carbonyl (C=O) groups excluding carboxylic acids is 2. The van der Waals surface area contributed by atoms with Gasteiger partial charge in [-0.05, 0) is 73.5 Å². The summed E-state index contributed by atoms with van der Waals surface area (Å²) in [5.74, 6) is 2.90. The van der Waals surface area contributed by atoms with Crippen LogP contribution in [0.2, 0.25) is 0 Å². The van der Waals surface area contributed by atoms with Crippen LogP contribution in [0.15, 0.2) is 24.3 Å². The molecule has 1 aromatic carbocycles. The van der Waals surface area contributed by atoms with E-state index in [-0.39, 0.29) is 23.7 Å². The quantitative estimate of drug-likeness (QED) is 0.622. The minimum absolute atomic E-state index is 0.0183. The molecule has 7 rings (SSSR count). The number of hydrogen-bond acceptors (Lipinski definition) is 6. The predicted octanol–water partition coefficient (Wildman–Crippen LogP) is 4.01. The number of benzene rings is 1. The molecule has 2 aliphatic heterocycles. The highest BCUT2D eigenvalue weighted by Gasteiger charge is 2.61. The molecule has 2 amide bonds. The van der Waals surface area contributed by atoms with E-state index < -0.39 is 0 Å². The minimum atomic E-state index is 0.0183. The van der Waals surface area contributed by atoms with E-state index >= 15 is 0 Å². The molecule has 5 unspecified atom stereocenters. The van der Waals surface area contributed by atoms with Crippen molar-refractivity contribution in [2.45, 2.75) is 51.0 Å². The lowest BCUT2D eigenvalue weighted by molar-refractivity contribution is -0.142. The van der Waals surface area contributed by atoms with Crippen molar-refractivity contribution in [2.24, 2.45) is 29.6 Å². The van der Waals surface area contributed by atoms with Gasteiger partial charge in [0.25, 0.3) is 0 Å². The van der Waals surface area contributed by atoms with Crippen LogP contribution in [0.4, 0.5) is 5.82 Å². The maximum atomic E-state index is 13.3. The molecule has 1 aromatic heterocycles. The molecule has 3 aliphatic carbocycles. The van der Waals surface area contributed by atoms with E-state index in [0.29, 0.717) is 30.3 Å². The monoisotopic (exact) mass is 478 g/mol. The summed E-state index contributed by atoms with van der Waals surface area (Å²) in [6, 6.07) is 9.01. The Hall–Kier alpha value is -1.99. The van der Waals surface area contributed by atoms with Crippen LogP contribution in [0.3, 0.4) is 0 Å². The largest absolute Gasteiger partial charge is 0.353 e. The van der Waals surface area contributed by atoms with Crippen LogP contribution >= 0.6 is 11.5 Å². The molecule has 5 fully saturated rings. The number of anilines is 1. The zero-order valence-electron chi connectivity index (χ0n) is 19.8. The molecule has 7 heteroatoms. The van der Waals surface area contributed by atoms with Crippen molar-refractivity contribution in [1.82, 2.24) is 14.2 Å². The smallest absolute Gasteiger partial charge is 0.233 e. The summed E-state index contributed by atoms with van der Waals surface area (Å²) in [6.07, 6.45) is 8.24. The second-order valence-electron chi connectivity index (χ2n) is 11.3. The number of aromatic nitrogens is 1. The lowest BCUT2D eigenvalue weighted by Crippen LogP contribution is -2.55. The third-order valence-electron chi connectivity index (χ3n) is 9.75. The number of rotatable bonds is 4. The number of imide groups is 1. The van der Waals surface area contributed by atoms with Gasteiger partial charge < -0.3 is 4.90 Å². The Kier molecular flexibility index (Phi) is 5.20. The summed E-state index contributed by atoms with van der Waals surface area (Å²) in [5.41, 5.74) is 0. The second kappa shape index (κ2) is 8.30. The molecule has 6 nitrogen and oxygen atoms in total. The molecule has 5 aliphatic rings. The standard InChI is InChI=1S/C27H34N4O2S/c32-26-23-17-9-10-18(15-17)24(23)27(33)31(26)16-19-5-1-3-7-21(19)29-11-13-30(14-12-29)25-20-6-2-4-8-22(20)34-28-25/h2,4,6,8,17-19,21,23-24H,1,3,5,7,9-16H2/t17?,18?,19-,21?,23?,24?/m0/s1. The number of amides is 2. The van der Waals surface area contributed by atoms with Gasteiger partial charge in [0.05, 0.1) is 16.5 Å². The SMILES string of the molecule is O=C1C2C3CCC(C3)C2C(=O)N1C[C@@H]1CCCCC1N1CCN(c2nsc3ccccc23)CC1. The topological polar surface area (TPSA) is 56.8 Å². The van der Waals surface area contributed by atoms with Gasteiger partial charge in [-0.15, -0.1) is 0 Å². The van der Waals surface area contributed by atoms with E-state index in [1.807, 2.05) is 0 Å². The molecule has 2 bridgehead atoms. The summed E-state index contributed by atoms with van der Waals surface area (Å²) in [5, 5.41) is 1.27. The number of fused-ring (bicyclic) bond motifs is 6. The number of hydrogen-bond donors (Lipinski definition) is 0. The maximum absolute atomic E-state index is 13.3. The molecule has 2 aromatic rings. The van der Waals surface area contributed by atoms with E-state index in [4.69, 9.17) is 4.37 Å². The first-order chi connectivity index (χ1) is 16.7. The lowest BCUT2D eigenvalue weighted by atomic mass is 9.81. The molecule has 180 valence electrons. The molecule has 34 heavy (non-hydrogen) atoms. The van der Waals surface area contributed by atoms with Crippen LogP contribution in [0.25, 0.3) is 10.1 Å². The van der Waals surface area contributed by atoms with Gasteiger partial charge in [0, 0.05) is 44.2 Å². The first-order valence-corrected chi connectivity index (χ1v) is 14.1. The first-order valence-electron chi connectivity index (χ1n) is 13.4. The van der Waals surface area contributed by atoms with Gasteiger partial charge in [0.2, 0.25) is 11.8 Å². The van der Waals surface area contributed by atoms with Crippen LogP contribution in [0, 0.1) is 29.6 Å². The minimum Gasteiger partial charge on any atom is -0.353 e. The number of nitrogens with zero attached hydrogens (tertiary/aromatic N) is 4. The van der Waals surface area contributed by atoms with E-state index in [1.165, 1.54) is 29.3 Å². The van der Waals surface area contributed by atoms with Crippen LogP contribution < -0.4 is 4.90 Å². The molecule has 0 spiro atoms. The van der Waals surface area contributed by atoms with Crippen molar-refractivity contribution < 1.29 is 9.59 Å². The van der Waals surface area contributed by atoms with Crippen molar-refractivity contribution >= 4 is 39.3 Å². The van der Waals surface area contributed by atoms with E-state index in [9.17, 15) is 9.59 Å². The van der Waals surface area contributed by atoms with Gasteiger partial charge in [0.15, 0.2) is 0 Å². The highest BCUT2D eigenvalue weighted by atomic mass is 32.1. The molecule has 0 radical (unpaired) electrons. The molecule has 2 saturated heterocycles. The normalized spacial score (nSPS) is 36.1.